The maximum absolute atomic E-state index is 12.5. The third-order valence-electron chi connectivity index (χ3n) is 5.26. The SMILES string of the molecule is COc1ccc(CN2CCN(C(=O)CCNC(=O)Nc3ccc(OC)cc3)CC2)cc1. The van der Waals surface area contributed by atoms with Crippen molar-refractivity contribution in [2.75, 3.05) is 52.3 Å². The van der Waals surface area contributed by atoms with E-state index in [0.29, 0.717) is 25.3 Å². The van der Waals surface area contributed by atoms with E-state index in [9.17, 15) is 9.59 Å². The van der Waals surface area contributed by atoms with Crippen LogP contribution in [0.2, 0.25) is 0 Å². The predicted molar refractivity (Wildman–Crippen MR) is 119 cm³/mol. The summed E-state index contributed by atoms with van der Waals surface area (Å²) >= 11 is 0. The molecule has 2 aromatic carbocycles. The first-order valence-electron chi connectivity index (χ1n) is 10.4. The molecule has 0 spiro atoms. The van der Waals surface area contributed by atoms with E-state index in [1.165, 1.54) is 5.56 Å². The van der Waals surface area contributed by atoms with Crippen LogP contribution in [0.5, 0.6) is 11.5 Å². The molecule has 1 heterocycles. The Morgan fingerprint density at radius 1 is 0.871 bits per heavy atom. The predicted octanol–water partition coefficient (Wildman–Crippen LogP) is 2.56. The molecule has 2 N–H and O–H groups in total. The quantitative estimate of drug-likeness (QED) is 0.678. The molecule has 31 heavy (non-hydrogen) atoms. The minimum atomic E-state index is -0.331. The van der Waals surface area contributed by atoms with Crippen molar-refractivity contribution < 1.29 is 19.1 Å². The van der Waals surface area contributed by atoms with Crippen LogP contribution in [0.4, 0.5) is 10.5 Å². The number of urea groups is 1. The molecule has 166 valence electrons. The van der Waals surface area contributed by atoms with E-state index < -0.39 is 0 Å². The van der Waals surface area contributed by atoms with Crippen LogP contribution in [0.15, 0.2) is 48.5 Å². The van der Waals surface area contributed by atoms with E-state index in [-0.39, 0.29) is 18.4 Å². The van der Waals surface area contributed by atoms with Crippen LogP contribution in [-0.4, -0.2) is 68.7 Å². The van der Waals surface area contributed by atoms with Gasteiger partial charge < -0.3 is 25.0 Å². The van der Waals surface area contributed by atoms with Crippen molar-refractivity contribution in [1.82, 2.24) is 15.1 Å². The van der Waals surface area contributed by atoms with Gasteiger partial charge in [-0.05, 0) is 42.0 Å². The van der Waals surface area contributed by atoms with Crippen molar-refractivity contribution in [2.45, 2.75) is 13.0 Å². The summed E-state index contributed by atoms with van der Waals surface area (Å²) in [7, 11) is 3.25. The number of piperazine rings is 1. The Labute approximate surface area is 183 Å². The summed E-state index contributed by atoms with van der Waals surface area (Å²) in [6, 6.07) is 14.8. The van der Waals surface area contributed by atoms with Crippen molar-refractivity contribution in [3.05, 3.63) is 54.1 Å². The number of methoxy groups -OCH3 is 2. The topological polar surface area (TPSA) is 83.1 Å². The van der Waals surface area contributed by atoms with Gasteiger partial charge in [-0.1, -0.05) is 12.1 Å². The van der Waals surface area contributed by atoms with Gasteiger partial charge in [-0.3, -0.25) is 9.69 Å². The lowest BCUT2D eigenvalue weighted by Crippen LogP contribution is -2.48. The minimum Gasteiger partial charge on any atom is -0.497 e. The van der Waals surface area contributed by atoms with E-state index in [1.807, 2.05) is 17.0 Å². The van der Waals surface area contributed by atoms with E-state index in [2.05, 4.69) is 27.7 Å². The second-order valence-corrected chi connectivity index (χ2v) is 7.36. The Morgan fingerprint density at radius 3 is 2.03 bits per heavy atom. The number of benzene rings is 2. The minimum absolute atomic E-state index is 0.0637. The fourth-order valence-corrected chi connectivity index (χ4v) is 3.44. The van der Waals surface area contributed by atoms with Gasteiger partial charge in [-0.15, -0.1) is 0 Å². The molecule has 1 fully saturated rings. The van der Waals surface area contributed by atoms with Crippen LogP contribution < -0.4 is 20.1 Å². The van der Waals surface area contributed by atoms with Gasteiger partial charge in [0.05, 0.1) is 14.2 Å². The molecule has 1 saturated heterocycles. The molecule has 8 nitrogen and oxygen atoms in total. The van der Waals surface area contributed by atoms with Gasteiger partial charge in [-0.25, -0.2) is 4.79 Å². The molecule has 1 aliphatic heterocycles. The first kappa shape index (κ1) is 22.4. The molecular formula is C23H30N4O4. The van der Waals surface area contributed by atoms with Gasteiger partial charge in [0.15, 0.2) is 0 Å². The van der Waals surface area contributed by atoms with Crippen molar-refractivity contribution in [3.8, 4) is 11.5 Å². The van der Waals surface area contributed by atoms with Crippen LogP contribution in [0, 0.1) is 0 Å². The lowest BCUT2D eigenvalue weighted by Gasteiger charge is -2.34. The summed E-state index contributed by atoms with van der Waals surface area (Å²) in [6.45, 7) is 4.23. The molecule has 0 radical (unpaired) electrons. The fourth-order valence-electron chi connectivity index (χ4n) is 3.44. The second kappa shape index (κ2) is 11.2. The molecule has 0 saturated carbocycles. The largest absolute Gasteiger partial charge is 0.497 e. The first-order valence-corrected chi connectivity index (χ1v) is 10.4. The zero-order chi connectivity index (χ0) is 22.1. The number of nitrogens with zero attached hydrogens (tertiary/aromatic N) is 2. The van der Waals surface area contributed by atoms with Crippen LogP contribution in [0.1, 0.15) is 12.0 Å². The normalized spacial score (nSPS) is 14.1. The van der Waals surface area contributed by atoms with Crippen molar-refractivity contribution in [3.63, 3.8) is 0 Å². The maximum Gasteiger partial charge on any atom is 0.319 e. The average Bonchev–Trinajstić information content (AvgIpc) is 2.80. The molecule has 1 aliphatic rings. The molecule has 0 bridgehead atoms. The standard InChI is InChI=1S/C23H30N4O4/c1-30-20-7-3-18(4-8-20)17-26-13-15-27(16-14-26)22(28)11-12-24-23(29)25-19-5-9-21(31-2)10-6-19/h3-10H,11-17H2,1-2H3,(H2,24,25,29). The summed E-state index contributed by atoms with van der Waals surface area (Å²) in [6.07, 6.45) is 0.286. The van der Waals surface area contributed by atoms with Gasteiger partial charge in [0.2, 0.25) is 5.91 Å². The molecule has 3 rings (SSSR count). The monoisotopic (exact) mass is 426 g/mol. The highest BCUT2D eigenvalue weighted by Crippen LogP contribution is 2.15. The summed E-state index contributed by atoms with van der Waals surface area (Å²) in [5.41, 5.74) is 1.89. The smallest absolute Gasteiger partial charge is 0.319 e. The maximum atomic E-state index is 12.5. The van der Waals surface area contributed by atoms with Gasteiger partial charge in [0.1, 0.15) is 11.5 Å². The van der Waals surface area contributed by atoms with Gasteiger partial charge in [0.25, 0.3) is 0 Å². The van der Waals surface area contributed by atoms with E-state index >= 15 is 0 Å². The van der Waals surface area contributed by atoms with Crippen molar-refractivity contribution in [1.29, 1.82) is 0 Å². The number of nitrogens with one attached hydrogen (secondary N) is 2. The number of hydrogen-bond acceptors (Lipinski definition) is 5. The van der Waals surface area contributed by atoms with Crippen LogP contribution >= 0.6 is 0 Å². The molecule has 3 amide bonds. The van der Waals surface area contributed by atoms with E-state index in [1.54, 1.807) is 38.5 Å². The number of hydrogen-bond donors (Lipinski definition) is 2. The molecule has 0 unspecified atom stereocenters. The molecule has 0 aliphatic carbocycles. The number of ether oxygens (including phenoxy) is 2. The Kier molecular flexibility index (Phi) is 8.12. The van der Waals surface area contributed by atoms with E-state index in [4.69, 9.17) is 9.47 Å². The zero-order valence-electron chi connectivity index (χ0n) is 18.1. The summed E-state index contributed by atoms with van der Waals surface area (Å²) in [5, 5.41) is 5.47. The number of carbonyl (C=O) groups is 2. The van der Waals surface area contributed by atoms with Gasteiger partial charge >= 0.3 is 6.03 Å². The van der Waals surface area contributed by atoms with Crippen molar-refractivity contribution in [2.24, 2.45) is 0 Å². The lowest BCUT2D eigenvalue weighted by atomic mass is 10.2. The molecule has 8 heteroatoms. The Bertz CT molecular complexity index is 847. The Hall–Kier alpha value is -3.26. The van der Waals surface area contributed by atoms with Crippen LogP contribution in [0.25, 0.3) is 0 Å². The summed E-state index contributed by atoms with van der Waals surface area (Å²) in [4.78, 5) is 28.6. The molecule has 0 aromatic heterocycles. The Morgan fingerprint density at radius 2 is 1.45 bits per heavy atom. The highest BCUT2D eigenvalue weighted by atomic mass is 16.5. The van der Waals surface area contributed by atoms with E-state index in [0.717, 1.165) is 31.1 Å². The first-order chi connectivity index (χ1) is 15.1. The number of anilines is 1. The van der Waals surface area contributed by atoms with Crippen LogP contribution in [0.3, 0.4) is 0 Å². The Balaban J connectivity index is 1.33. The molecule has 2 aromatic rings. The van der Waals surface area contributed by atoms with Crippen molar-refractivity contribution >= 4 is 17.6 Å². The summed E-state index contributed by atoms with van der Waals surface area (Å²) < 4.78 is 10.3. The number of carbonyl (C=O) groups excluding carboxylic acids is 2. The highest BCUT2D eigenvalue weighted by Gasteiger charge is 2.21. The second-order valence-electron chi connectivity index (χ2n) is 7.36. The third kappa shape index (κ3) is 6.89. The number of amides is 3. The van der Waals surface area contributed by atoms with Gasteiger partial charge in [0, 0.05) is 51.4 Å². The average molecular weight is 427 g/mol. The summed E-state index contributed by atoms with van der Waals surface area (Å²) in [5.74, 6) is 1.64. The third-order valence-corrected chi connectivity index (χ3v) is 5.26. The highest BCUT2D eigenvalue weighted by molar-refractivity contribution is 5.89. The molecule has 0 atom stereocenters. The zero-order valence-corrected chi connectivity index (χ0v) is 18.1. The molecular weight excluding hydrogens is 396 g/mol. The fraction of sp³-hybridized carbons (Fsp3) is 0.391. The van der Waals surface area contributed by atoms with Gasteiger partial charge in [-0.2, -0.15) is 0 Å². The number of rotatable bonds is 8. The lowest BCUT2D eigenvalue weighted by molar-refractivity contribution is -0.132. The van der Waals surface area contributed by atoms with Crippen LogP contribution in [-0.2, 0) is 11.3 Å².